The van der Waals surface area contributed by atoms with Gasteiger partial charge in [0.15, 0.2) is 0 Å². The first kappa shape index (κ1) is 9.45. The summed E-state index contributed by atoms with van der Waals surface area (Å²) in [5.74, 6) is -0.330. The third-order valence-electron chi connectivity index (χ3n) is 2.18. The molecule has 1 N–H and O–H groups in total. The molecule has 1 unspecified atom stereocenters. The fraction of sp³-hybridized carbons (Fsp3) is 0.222. The molecule has 0 bridgehead atoms. The van der Waals surface area contributed by atoms with E-state index in [1.54, 1.807) is 6.07 Å². The Labute approximate surface area is 88.3 Å². The summed E-state index contributed by atoms with van der Waals surface area (Å²) in [6, 6.07) is 4.15. The van der Waals surface area contributed by atoms with Crippen LogP contribution in [0.3, 0.4) is 0 Å². The van der Waals surface area contributed by atoms with Crippen LogP contribution in [0.5, 0.6) is 0 Å². The Morgan fingerprint density at radius 2 is 2.36 bits per heavy atom. The Bertz CT molecular complexity index is 396. The minimum absolute atomic E-state index is 0.123. The summed E-state index contributed by atoms with van der Waals surface area (Å²) >= 11 is 3.20. The lowest BCUT2D eigenvalue weighted by Crippen LogP contribution is -2.06. The molecule has 0 aromatic heterocycles. The summed E-state index contributed by atoms with van der Waals surface area (Å²) in [4.78, 5) is 11.8. The largest absolute Gasteiger partial charge is 0.465 e. The summed E-state index contributed by atoms with van der Waals surface area (Å²) in [7, 11) is 0. The van der Waals surface area contributed by atoms with E-state index in [9.17, 15) is 9.18 Å². The van der Waals surface area contributed by atoms with Crippen molar-refractivity contribution >= 4 is 22.0 Å². The molecular weight excluding hydrogens is 253 g/mol. The third kappa shape index (κ3) is 1.59. The quantitative estimate of drug-likeness (QED) is 0.788. The van der Waals surface area contributed by atoms with Gasteiger partial charge in [-0.1, -0.05) is 22.0 Å². The molecule has 0 saturated carbocycles. The molecule has 14 heavy (non-hydrogen) atoms. The van der Waals surface area contributed by atoms with Crippen molar-refractivity contribution in [2.75, 3.05) is 6.54 Å². The molecule has 0 aliphatic carbocycles. The lowest BCUT2D eigenvalue weighted by molar-refractivity contribution is 0.176. The molecule has 1 aromatic carbocycles. The zero-order valence-electron chi connectivity index (χ0n) is 7.08. The Morgan fingerprint density at radius 3 is 2.86 bits per heavy atom. The fourth-order valence-electron chi connectivity index (χ4n) is 1.39. The average Bonchev–Trinajstić information content (AvgIpc) is 2.83. The van der Waals surface area contributed by atoms with Crippen LogP contribution in [0.15, 0.2) is 22.7 Å². The molecular formula is C9H7BrFNO2. The monoisotopic (exact) mass is 259 g/mol. The Balaban J connectivity index is 2.23. The van der Waals surface area contributed by atoms with Gasteiger partial charge in [-0.3, -0.25) is 4.90 Å². The third-order valence-corrected chi connectivity index (χ3v) is 2.87. The van der Waals surface area contributed by atoms with Crippen LogP contribution in [0.4, 0.5) is 9.18 Å². The molecule has 1 aliphatic heterocycles. The van der Waals surface area contributed by atoms with E-state index in [0.29, 0.717) is 11.0 Å². The molecule has 3 nitrogen and oxygen atoms in total. The van der Waals surface area contributed by atoms with Gasteiger partial charge in [-0.15, -0.1) is 0 Å². The van der Waals surface area contributed by atoms with Crippen molar-refractivity contribution < 1.29 is 14.3 Å². The number of halogens is 2. The van der Waals surface area contributed by atoms with Crippen LogP contribution in [0, 0.1) is 5.82 Å². The summed E-state index contributed by atoms with van der Waals surface area (Å²) in [5, 5.41) is 8.67. The van der Waals surface area contributed by atoms with E-state index in [0.717, 1.165) is 5.56 Å². The lowest BCUT2D eigenvalue weighted by atomic mass is 10.1. The predicted molar refractivity (Wildman–Crippen MR) is 51.6 cm³/mol. The molecule has 74 valence electrons. The minimum atomic E-state index is -0.939. The number of hydrogen-bond donors (Lipinski definition) is 1. The maximum Gasteiger partial charge on any atom is 0.407 e. The van der Waals surface area contributed by atoms with Crippen LogP contribution in [-0.2, 0) is 0 Å². The molecule has 1 aromatic rings. The Morgan fingerprint density at radius 1 is 1.64 bits per heavy atom. The van der Waals surface area contributed by atoms with E-state index < -0.39 is 6.09 Å². The van der Waals surface area contributed by atoms with E-state index >= 15 is 0 Å². The van der Waals surface area contributed by atoms with E-state index in [4.69, 9.17) is 5.11 Å². The normalized spacial score (nSPS) is 19.6. The second-order valence-corrected chi connectivity index (χ2v) is 3.97. The molecule has 1 saturated heterocycles. The van der Waals surface area contributed by atoms with Gasteiger partial charge in [-0.25, -0.2) is 9.18 Å². The van der Waals surface area contributed by atoms with E-state index in [2.05, 4.69) is 15.9 Å². The smallest absolute Gasteiger partial charge is 0.407 e. The number of nitrogens with zero attached hydrogens (tertiary/aromatic N) is 1. The van der Waals surface area contributed by atoms with Gasteiger partial charge in [0.1, 0.15) is 5.82 Å². The van der Waals surface area contributed by atoms with Crippen molar-refractivity contribution in [3.8, 4) is 0 Å². The molecule has 0 radical (unpaired) electrons. The number of hydrogen-bond acceptors (Lipinski definition) is 1. The van der Waals surface area contributed by atoms with Crippen LogP contribution in [0.1, 0.15) is 11.6 Å². The SMILES string of the molecule is O=C(O)N1CC1c1ccc(F)cc1Br. The van der Waals surface area contributed by atoms with Gasteiger partial charge in [0.25, 0.3) is 0 Å². The van der Waals surface area contributed by atoms with Gasteiger partial charge in [0.2, 0.25) is 0 Å². The maximum atomic E-state index is 12.7. The molecule has 1 fully saturated rings. The first-order chi connectivity index (χ1) is 6.59. The number of carbonyl (C=O) groups is 1. The Kier molecular flexibility index (Phi) is 2.19. The molecule has 1 heterocycles. The van der Waals surface area contributed by atoms with Crippen molar-refractivity contribution in [3.05, 3.63) is 34.1 Å². The fourth-order valence-corrected chi connectivity index (χ4v) is 2.00. The van der Waals surface area contributed by atoms with Crippen molar-refractivity contribution in [1.29, 1.82) is 0 Å². The van der Waals surface area contributed by atoms with Gasteiger partial charge in [0, 0.05) is 11.0 Å². The van der Waals surface area contributed by atoms with Gasteiger partial charge in [-0.2, -0.15) is 0 Å². The highest BCUT2D eigenvalue weighted by molar-refractivity contribution is 9.10. The van der Waals surface area contributed by atoms with Crippen molar-refractivity contribution in [2.45, 2.75) is 6.04 Å². The van der Waals surface area contributed by atoms with Crippen molar-refractivity contribution in [2.24, 2.45) is 0 Å². The highest BCUT2D eigenvalue weighted by Gasteiger charge is 2.40. The average molecular weight is 260 g/mol. The minimum Gasteiger partial charge on any atom is -0.465 e. The van der Waals surface area contributed by atoms with Crippen molar-refractivity contribution in [1.82, 2.24) is 4.90 Å². The predicted octanol–water partition coefficient (Wildman–Crippen LogP) is 2.62. The van der Waals surface area contributed by atoms with Crippen LogP contribution >= 0.6 is 15.9 Å². The first-order valence-electron chi connectivity index (χ1n) is 4.04. The highest BCUT2D eigenvalue weighted by Crippen LogP contribution is 2.38. The zero-order valence-corrected chi connectivity index (χ0v) is 8.66. The maximum absolute atomic E-state index is 12.7. The topological polar surface area (TPSA) is 40.3 Å². The van der Waals surface area contributed by atoms with Crippen LogP contribution in [-0.4, -0.2) is 22.6 Å². The summed E-state index contributed by atoms with van der Waals surface area (Å²) in [6.07, 6.45) is -0.939. The Hall–Kier alpha value is -1.10. The second kappa shape index (κ2) is 3.24. The molecule has 1 aliphatic rings. The van der Waals surface area contributed by atoms with E-state index in [1.165, 1.54) is 17.0 Å². The van der Waals surface area contributed by atoms with Gasteiger partial charge in [0.05, 0.1) is 6.04 Å². The molecule has 0 spiro atoms. The number of carboxylic acid groups (broad SMARTS) is 1. The first-order valence-corrected chi connectivity index (χ1v) is 4.83. The summed E-state index contributed by atoms with van der Waals surface area (Å²) in [5.41, 5.74) is 0.814. The van der Waals surface area contributed by atoms with Gasteiger partial charge < -0.3 is 5.11 Å². The van der Waals surface area contributed by atoms with Gasteiger partial charge >= 0.3 is 6.09 Å². The number of benzene rings is 1. The number of amides is 1. The summed E-state index contributed by atoms with van der Waals surface area (Å²) in [6.45, 7) is 0.486. The van der Waals surface area contributed by atoms with Crippen LogP contribution in [0.2, 0.25) is 0 Å². The second-order valence-electron chi connectivity index (χ2n) is 3.12. The van der Waals surface area contributed by atoms with Gasteiger partial charge in [-0.05, 0) is 17.7 Å². The molecule has 1 atom stereocenters. The van der Waals surface area contributed by atoms with Crippen molar-refractivity contribution in [3.63, 3.8) is 0 Å². The van der Waals surface area contributed by atoms with Crippen LogP contribution in [0.25, 0.3) is 0 Å². The molecule has 5 heteroatoms. The van der Waals surface area contributed by atoms with E-state index in [-0.39, 0.29) is 11.9 Å². The van der Waals surface area contributed by atoms with Crippen LogP contribution < -0.4 is 0 Å². The standard InChI is InChI=1S/C9H7BrFNO2/c10-7-3-5(11)1-2-6(7)8-4-12(8)9(13)14/h1-3,8H,4H2,(H,13,14). The van der Waals surface area contributed by atoms with E-state index in [1.807, 2.05) is 0 Å². The number of rotatable bonds is 1. The highest BCUT2D eigenvalue weighted by atomic mass is 79.9. The molecule has 1 amide bonds. The lowest BCUT2D eigenvalue weighted by Gasteiger charge is -2.02. The summed E-state index contributed by atoms with van der Waals surface area (Å²) < 4.78 is 13.3. The molecule has 2 rings (SSSR count). The zero-order chi connectivity index (χ0) is 10.3.